The molecule has 0 nitrogen and oxygen atoms in total. The van der Waals surface area contributed by atoms with Gasteiger partial charge in [0, 0.05) is 0 Å². The van der Waals surface area contributed by atoms with Gasteiger partial charge in [-0.15, -0.1) is 0 Å². The van der Waals surface area contributed by atoms with E-state index >= 15 is 0 Å². The van der Waals surface area contributed by atoms with Crippen LogP contribution in [0.2, 0.25) is 0 Å². The van der Waals surface area contributed by atoms with Gasteiger partial charge in [0.05, 0.1) is 0 Å². The molecule has 3 fully saturated rings. The van der Waals surface area contributed by atoms with Crippen molar-refractivity contribution in [2.24, 2.45) is 0 Å². The highest BCUT2D eigenvalue weighted by Gasteiger charge is 2.43. The summed E-state index contributed by atoms with van der Waals surface area (Å²) >= 11 is 0. The second-order valence-electron chi connectivity index (χ2n) is 7.60. The van der Waals surface area contributed by atoms with Gasteiger partial charge < -0.3 is 0 Å². The summed E-state index contributed by atoms with van der Waals surface area (Å²) in [6, 6.07) is 0. The average Bonchev–Trinajstić information content (AvgIpc) is 2.56. The monoisotopic (exact) mass is 314 g/mol. The van der Waals surface area contributed by atoms with E-state index in [9.17, 15) is 0 Å². The third-order valence-electron chi connectivity index (χ3n) is 6.39. The quantitative estimate of drug-likeness (QED) is 0.516. The van der Waals surface area contributed by atoms with Crippen molar-refractivity contribution in [3.8, 4) is 0 Å². The number of rotatable bonds is 3. The standard InChI is InChI=1S/C18H35PS/c19-20(16-10-4-1-5-11-16,17-12-6-2-7-13-17)18-14-8-3-9-15-18/h16-18H,1-15,19H2. The van der Waals surface area contributed by atoms with E-state index in [1.165, 1.54) is 57.8 Å². The van der Waals surface area contributed by atoms with Crippen LogP contribution in [-0.2, 0) is 0 Å². The van der Waals surface area contributed by atoms with Crippen molar-refractivity contribution in [1.82, 2.24) is 0 Å². The molecule has 0 aromatic rings. The number of hydrogen-bond acceptors (Lipinski definition) is 0. The van der Waals surface area contributed by atoms with Gasteiger partial charge in [-0.1, -0.05) is 66.2 Å². The Bertz CT molecular complexity index is 240. The van der Waals surface area contributed by atoms with Crippen molar-refractivity contribution < 1.29 is 0 Å². The van der Waals surface area contributed by atoms with Crippen LogP contribution in [0.5, 0.6) is 0 Å². The van der Waals surface area contributed by atoms with Gasteiger partial charge in [0.15, 0.2) is 0 Å². The number of hydrogen-bond donors (Lipinski definition) is 0. The minimum atomic E-state index is -0.428. The Morgan fingerprint density at radius 2 is 0.700 bits per heavy atom. The van der Waals surface area contributed by atoms with Gasteiger partial charge in [-0.3, -0.25) is 0 Å². The summed E-state index contributed by atoms with van der Waals surface area (Å²) in [5.41, 5.74) is 0. The summed E-state index contributed by atoms with van der Waals surface area (Å²) in [6.45, 7) is 0. The molecule has 1 atom stereocenters. The maximum Gasteiger partial charge on any atom is -0.00768 e. The van der Waals surface area contributed by atoms with Gasteiger partial charge in [-0.05, 0) is 54.3 Å². The molecule has 118 valence electrons. The van der Waals surface area contributed by atoms with E-state index < -0.39 is 9.65 Å². The molecule has 2 heteroatoms. The maximum atomic E-state index is 3.60. The highest BCUT2D eigenvalue weighted by molar-refractivity contribution is 8.69. The Kier molecular flexibility index (Phi) is 5.77. The van der Waals surface area contributed by atoms with Crippen molar-refractivity contribution in [2.75, 3.05) is 0 Å². The fourth-order valence-electron chi connectivity index (χ4n) is 5.24. The highest BCUT2D eigenvalue weighted by atomic mass is 32.8. The summed E-state index contributed by atoms with van der Waals surface area (Å²) in [5.74, 6) is 0. The molecule has 3 aliphatic rings. The Morgan fingerprint density at radius 1 is 0.450 bits per heavy atom. The summed E-state index contributed by atoms with van der Waals surface area (Å²) < 4.78 is 0. The molecule has 0 aromatic carbocycles. The van der Waals surface area contributed by atoms with Gasteiger partial charge in [0.1, 0.15) is 0 Å². The van der Waals surface area contributed by atoms with Gasteiger partial charge >= 0.3 is 0 Å². The van der Waals surface area contributed by atoms with Gasteiger partial charge in [0.2, 0.25) is 0 Å². The van der Waals surface area contributed by atoms with E-state index in [1.54, 1.807) is 38.5 Å². The SMILES string of the molecule is PS(C1CCCCC1)(C1CCCCC1)C1CCCCC1. The van der Waals surface area contributed by atoms with Gasteiger partial charge in [-0.25, -0.2) is 9.65 Å². The second-order valence-corrected chi connectivity index (χ2v) is 13.7. The molecular weight excluding hydrogens is 279 g/mol. The van der Waals surface area contributed by atoms with Crippen LogP contribution in [-0.4, -0.2) is 15.7 Å². The molecule has 0 saturated heterocycles. The molecule has 3 saturated carbocycles. The third kappa shape index (κ3) is 3.24. The molecule has 20 heavy (non-hydrogen) atoms. The Hall–Kier alpha value is 0.780. The highest BCUT2D eigenvalue weighted by Crippen LogP contribution is 2.74. The molecule has 0 bridgehead atoms. The fourth-order valence-corrected chi connectivity index (χ4v) is 12.8. The topological polar surface area (TPSA) is 0 Å². The minimum absolute atomic E-state index is 0.428. The zero-order valence-electron chi connectivity index (χ0n) is 13.3. The first-order chi connectivity index (χ1) is 9.82. The lowest BCUT2D eigenvalue weighted by molar-refractivity contribution is 0.467. The van der Waals surface area contributed by atoms with Gasteiger partial charge in [-0.2, -0.15) is 0 Å². The second kappa shape index (κ2) is 7.36. The summed E-state index contributed by atoms with van der Waals surface area (Å²) in [4.78, 5) is 0. The molecule has 3 rings (SSSR count). The Morgan fingerprint density at radius 3 is 0.950 bits per heavy atom. The largest absolute Gasteiger partial charge is 0.217 e. The van der Waals surface area contributed by atoms with Gasteiger partial charge in [0.25, 0.3) is 0 Å². The zero-order chi connectivity index (χ0) is 13.8. The third-order valence-corrected chi connectivity index (χ3v) is 14.7. The molecule has 0 aliphatic heterocycles. The molecule has 3 aliphatic carbocycles. The van der Waals surface area contributed by atoms with E-state index in [0.29, 0.717) is 0 Å². The Labute approximate surface area is 130 Å². The first-order valence-corrected chi connectivity index (χ1v) is 12.7. The van der Waals surface area contributed by atoms with Crippen LogP contribution in [0.15, 0.2) is 0 Å². The lowest BCUT2D eigenvalue weighted by atomic mass is 9.99. The van der Waals surface area contributed by atoms with Crippen LogP contribution in [0, 0.1) is 0 Å². The minimum Gasteiger partial charge on any atom is -0.217 e. The van der Waals surface area contributed by atoms with Crippen LogP contribution < -0.4 is 0 Å². The molecule has 0 heterocycles. The normalized spacial score (nSPS) is 29.4. The molecule has 0 N–H and O–H groups in total. The zero-order valence-corrected chi connectivity index (χ0v) is 15.3. The van der Waals surface area contributed by atoms with Crippen LogP contribution in [0.3, 0.4) is 0 Å². The molecular formula is C18H35PS. The molecule has 0 aromatic heterocycles. The molecule has 0 amide bonds. The predicted octanol–water partition coefficient (Wildman–Crippen LogP) is 6.58. The first-order valence-electron chi connectivity index (χ1n) is 9.39. The van der Waals surface area contributed by atoms with Crippen molar-refractivity contribution in [3.05, 3.63) is 0 Å². The lowest BCUT2D eigenvalue weighted by Crippen LogP contribution is -2.36. The smallest absolute Gasteiger partial charge is 0.00768 e. The van der Waals surface area contributed by atoms with Crippen molar-refractivity contribution in [1.29, 1.82) is 0 Å². The predicted molar refractivity (Wildman–Crippen MR) is 97.9 cm³/mol. The Balaban J connectivity index is 1.79. The molecule has 0 radical (unpaired) electrons. The average molecular weight is 315 g/mol. The van der Waals surface area contributed by atoms with Crippen molar-refractivity contribution in [2.45, 2.75) is 112 Å². The van der Waals surface area contributed by atoms with Crippen LogP contribution >= 0.6 is 18.1 Å². The van der Waals surface area contributed by atoms with Crippen LogP contribution in [0.4, 0.5) is 0 Å². The van der Waals surface area contributed by atoms with E-state index in [1.807, 2.05) is 0 Å². The summed E-state index contributed by atoms with van der Waals surface area (Å²) in [7, 11) is 3.18. The molecule has 0 spiro atoms. The molecule has 1 unspecified atom stereocenters. The lowest BCUT2D eigenvalue weighted by Gasteiger charge is -2.57. The first kappa shape index (κ1) is 15.7. The van der Waals surface area contributed by atoms with Crippen molar-refractivity contribution in [3.63, 3.8) is 0 Å². The maximum absolute atomic E-state index is 3.60. The van der Waals surface area contributed by atoms with E-state index in [-0.39, 0.29) is 0 Å². The summed E-state index contributed by atoms with van der Waals surface area (Å²) in [5, 5.41) is 3.35. The van der Waals surface area contributed by atoms with Crippen LogP contribution in [0.25, 0.3) is 0 Å². The van der Waals surface area contributed by atoms with E-state index in [2.05, 4.69) is 8.44 Å². The fraction of sp³-hybridized carbons (Fsp3) is 1.00. The van der Waals surface area contributed by atoms with E-state index in [0.717, 1.165) is 15.7 Å². The summed E-state index contributed by atoms with van der Waals surface area (Å²) in [6.07, 6.45) is 23.2. The van der Waals surface area contributed by atoms with Crippen molar-refractivity contribution >= 4 is 18.1 Å². The van der Waals surface area contributed by atoms with Crippen LogP contribution in [0.1, 0.15) is 96.3 Å². The van der Waals surface area contributed by atoms with E-state index in [4.69, 9.17) is 0 Å².